The van der Waals surface area contributed by atoms with Gasteiger partial charge in [-0.15, -0.1) is 11.6 Å². The Kier molecular flexibility index (Phi) is 3.95. The number of carbonyl (C=O) groups excluding carboxylic acids is 1. The number of alkyl halides is 1. The van der Waals surface area contributed by atoms with Gasteiger partial charge in [0, 0.05) is 24.1 Å². The first kappa shape index (κ1) is 11.0. The fourth-order valence-corrected chi connectivity index (χ4v) is 1.16. The summed E-state index contributed by atoms with van der Waals surface area (Å²) >= 11 is 5.43. The molecule has 0 aliphatic rings. The van der Waals surface area contributed by atoms with Gasteiger partial charge in [-0.2, -0.15) is 5.10 Å². The topological polar surface area (TPSA) is 57.8 Å². The zero-order valence-corrected chi connectivity index (χ0v) is 9.06. The van der Waals surface area contributed by atoms with Crippen molar-refractivity contribution in [3.63, 3.8) is 0 Å². The van der Waals surface area contributed by atoms with Crippen LogP contribution in [-0.2, 0) is 4.79 Å². The third kappa shape index (κ3) is 3.03. The molecule has 1 heterocycles. The molecule has 0 unspecified atom stereocenters. The molecule has 5 heteroatoms. The lowest BCUT2D eigenvalue weighted by Crippen LogP contribution is -2.11. The quantitative estimate of drug-likeness (QED) is 0.756. The summed E-state index contributed by atoms with van der Waals surface area (Å²) in [4.78, 5) is 11.1. The molecule has 0 saturated carbocycles. The predicted molar refractivity (Wildman–Crippen MR) is 56.6 cm³/mol. The summed E-state index contributed by atoms with van der Waals surface area (Å²) in [5.74, 6) is 1.15. The highest BCUT2D eigenvalue weighted by molar-refractivity contribution is 6.19. The van der Waals surface area contributed by atoms with E-state index in [1.54, 1.807) is 0 Å². The monoisotopic (exact) mass is 215 g/mol. The van der Waals surface area contributed by atoms with Crippen LogP contribution in [0.15, 0.2) is 6.07 Å². The predicted octanol–water partition coefficient (Wildman–Crippen LogP) is 2.10. The number of aromatic amines is 1. The third-order valence-corrected chi connectivity index (χ3v) is 2.00. The molecule has 1 aromatic rings. The van der Waals surface area contributed by atoms with E-state index in [0.29, 0.717) is 24.0 Å². The Labute approximate surface area is 88.0 Å². The van der Waals surface area contributed by atoms with Gasteiger partial charge in [-0.05, 0) is 5.92 Å². The van der Waals surface area contributed by atoms with E-state index in [1.807, 2.05) is 6.07 Å². The molecule has 4 nitrogen and oxygen atoms in total. The van der Waals surface area contributed by atoms with Crippen molar-refractivity contribution < 1.29 is 4.79 Å². The molecule has 0 radical (unpaired) electrons. The molecule has 0 spiro atoms. The van der Waals surface area contributed by atoms with Crippen LogP contribution in [0.1, 0.15) is 31.9 Å². The first-order valence-corrected chi connectivity index (χ1v) is 5.08. The number of aromatic nitrogens is 2. The maximum Gasteiger partial charge on any atom is 0.226 e. The Morgan fingerprint density at radius 3 is 2.93 bits per heavy atom. The largest absolute Gasteiger partial charge is 0.309 e. The summed E-state index contributed by atoms with van der Waals surface area (Å²) in [6.07, 6.45) is 0.311. The van der Waals surface area contributed by atoms with E-state index < -0.39 is 0 Å². The summed E-state index contributed by atoms with van der Waals surface area (Å²) in [5.41, 5.74) is 1.01. The lowest BCUT2D eigenvalue weighted by Gasteiger charge is -1.98. The summed E-state index contributed by atoms with van der Waals surface area (Å²) in [6.45, 7) is 4.11. The molecular formula is C9H14ClN3O. The fraction of sp³-hybridized carbons (Fsp3) is 0.556. The van der Waals surface area contributed by atoms with E-state index in [9.17, 15) is 4.79 Å². The van der Waals surface area contributed by atoms with Crippen molar-refractivity contribution >= 4 is 23.3 Å². The molecule has 2 N–H and O–H groups in total. The standard InChI is InChI=1S/C9H14ClN3O/c1-6(2)7-5-8(13-12-7)11-9(14)3-4-10/h5-6H,3-4H2,1-2H3,(H2,11,12,13,14). The average Bonchev–Trinajstić information content (AvgIpc) is 2.53. The van der Waals surface area contributed by atoms with Crippen molar-refractivity contribution in [2.45, 2.75) is 26.2 Å². The van der Waals surface area contributed by atoms with Crippen molar-refractivity contribution in [2.24, 2.45) is 0 Å². The van der Waals surface area contributed by atoms with Gasteiger partial charge in [-0.25, -0.2) is 0 Å². The smallest absolute Gasteiger partial charge is 0.226 e. The average molecular weight is 216 g/mol. The summed E-state index contributed by atoms with van der Waals surface area (Å²) in [5, 5.41) is 9.47. The van der Waals surface area contributed by atoms with E-state index in [1.165, 1.54) is 0 Å². The van der Waals surface area contributed by atoms with Gasteiger partial charge in [0.25, 0.3) is 0 Å². The van der Waals surface area contributed by atoms with Gasteiger partial charge < -0.3 is 5.32 Å². The molecular weight excluding hydrogens is 202 g/mol. The first-order chi connectivity index (χ1) is 6.63. The van der Waals surface area contributed by atoms with Crippen LogP contribution < -0.4 is 5.32 Å². The van der Waals surface area contributed by atoms with Crippen molar-refractivity contribution in [3.8, 4) is 0 Å². The second-order valence-electron chi connectivity index (χ2n) is 3.35. The zero-order chi connectivity index (χ0) is 10.6. The summed E-state index contributed by atoms with van der Waals surface area (Å²) in [7, 11) is 0. The maximum absolute atomic E-state index is 11.1. The Morgan fingerprint density at radius 2 is 2.43 bits per heavy atom. The molecule has 1 amide bonds. The minimum Gasteiger partial charge on any atom is -0.309 e. The van der Waals surface area contributed by atoms with E-state index in [4.69, 9.17) is 11.6 Å². The van der Waals surface area contributed by atoms with Gasteiger partial charge >= 0.3 is 0 Å². The molecule has 0 aliphatic carbocycles. The second kappa shape index (κ2) is 5.00. The van der Waals surface area contributed by atoms with Gasteiger partial charge in [-0.3, -0.25) is 9.89 Å². The molecule has 0 atom stereocenters. The number of hydrogen-bond acceptors (Lipinski definition) is 2. The molecule has 14 heavy (non-hydrogen) atoms. The molecule has 0 bridgehead atoms. The second-order valence-corrected chi connectivity index (χ2v) is 3.73. The molecule has 1 aromatic heterocycles. The van der Waals surface area contributed by atoms with Crippen molar-refractivity contribution in [1.82, 2.24) is 10.2 Å². The molecule has 0 saturated heterocycles. The molecule has 0 aromatic carbocycles. The van der Waals surface area contributed by atoms with Crippen LogP contribution in [-0.4, -0.2) is 22.0 Å². The van der Waals surface area contributed by atoms with Crippen LogP contribution in [0.5, 0.6) is 0 Å². The van der Waals surface area contributed by atoms with Crippen LogP contribution in [0, 0.1) is 0 Å². The summed E-state index contributed by atoms with van der Waals surface area (Å²) < 4.78 is 0. The van der Waals surface area contributed by atoms with E-state index in [-0.39, 0.29) is 5.91 Å². The van der Waals surface area contributed by atoms with Crippen molar-refractivity contribution in [1.29, 1.82) is 0 Å². The van der Waals surface area contributed by atoms with Crippen LogP contribution in [0.3, 0.4) is 0 Å². The van der Waals surface area contributed by atoms with E-state index in [0.717, 1.165) is 5.69 Å². The number of nitrogens with zero attached hydrogens (tertiary/aromatic N) is 1. The Hall–Kier alpha value is -1.03. The van der Waals surface area contributed by atoms with Gasteiger partial charge in [-0.1, -0.05) is 13.8 Å². The highest BCUT2D eigenvalue weighted by Gasteiger charge is 2.06. The minimum absolute atomic E-state index is 0.109. The number of nitrogens with one attached hydrogen (secondary N) is 2. The number of halogens is 1. The summed E-state index contributed by atoms with van der Waals surface area (Å²) in [6, 6.07) is 1.83. The third-order valence-electron chi connectivity index (χ3n) is 1.81. The Bertz CT molecular complexity index is 309. The van der Waals surface area contributed by atoms with Gasteiger partial charge in [0.1, 0.15) is 0 Å². The minimum atomic E-state index is -0.109. The van der Waals surface area contributed by atoms with Crippen LogP contribution in [0.4, 0.5) is 5.82 Å². The zero-order valence-electron chi connectivity index (χ0n) is 8.30. The normalized spacial score (nSPS) is 10.6. The number of carbonyl (C=O) groups is 1. The lowest BCUT2D eigenvalue weighted by molar-refractivity contribution is -0.115. The van der Waals surface area contributed by atoms with E-state index in [2.05, 4.69) is 29.4 Å². The highest BCUT2D eigenvalue weighted by atomic mass is 35.5. The van der Waals surface area contributed by atoms with Crippen molar-refractivity contribution in [3.05, 3.63) is 11.8 Å². The Morgan fingerprint density at radius 1 is 1.71 bits per heavy atom. The SMILES string of the molecule is CC(C)c1cc(NC(=O)CCCl)n[nH]1. The van der Waals surface area contributed by atoms with Crippen LogP contribution in [0.25, 0.3) is 0 Å². The Balaban J connectivity index is 2.55. The van der Waals surface area contributed by atoms with Gasteiger partial charge in [0.05, 0.1) is 0 Å². The number of anilines is 1. The number of rotatable bonds is 4. The van der Waals surface area contributed by atoms with E-state index >= 15 is 0 Å². The highest BCUT2D eigenvalue weighted by Crippen LogP contribution is 2.14. The van der Waals surface area contributed by atoms with Gasteiger partial charge in [0.15, 0.2) is 5.82 Å². The van der Waals surface area contributed by atoms with Crippen LogP contribution >= 0.6 is 11.6 Å². The lowest BCUT2D eigenvalue weighted by atomic mass is 10.1. The van der Waals surface area contributed by atoms with Crippen molar-refractivity contribution in [2.75, 3.05) is 11.2 Å². The maximum atomic E-state index is 11.1. The fourth-order valence-electron chi connectivity index (χ4n) is 0.988. The molecule has 78 valence electrons. The molecule has 0 fully saturated rings. The first-order valence-electron chi connectivity index (χ1n) is 4.54. The number of H-pyrrole nitrogens is 1. The molecule has 0 aliphatic heterocycles. The number of amides is 1. The molecule has 1 rings (SSSR count). The number of hydrogen-bond donors (Lipinski definition) is 2. The van der Waals surface area contributed by atoms with Gasteiger partial charge in [0.2, 0.25) is 5.91 Å². The van der Waals surface area contributed by atoms with Crippen LogP contribution in [0.2, 0.25) is 0 Å².